The molecule has 0 radical (unpaired) electrons. The van der Waals surface area contributed by atoms with Crippen LogP contribution >= 0.6 is 0 Å². The first-order valence-corrected chi connectivity index (χ1v) is 9.23. The van der Waals surface area contributed by atoms with Crippen LogP contribution in [0, 0.1) is 11.7 Å². The van der Waals surface area contributed by atoms with Gasteiger partial charge < -0.3 is 10.6 Å². The third-order valence-electron chi connectivity index (χ3n) is 4.46. The number of halogens is 1. The quantitative estimate of drug-likeness (QED) is 0.780. The average molecular weight is 363 g/mol. The molecule has 1 fully saturated rings. The fourth-order valence-corrected chi connectivity index (χ4v) is 3.43. The van der Waals surface area contributed by atoms with E-state index in [1.807, 2.05) is 13.8 Å². The Morgan fingerprint density at radius 2 is 2.00 bits per heavy atom. The van der Waals surface area contributed by atoms with Crippen molar-refractivity contribution < 1.29 is 14.0 Å². The summed E-state index contributed by atoms with van der Waals surface area (Å²) in [4.78, 5) is 26.9. The number of nitrogens with one attached hydrogen (secondary N) is 2. The predicted octanol–water partition coefficient (Wildman–Crippen LogP) is 2.11. The van der Waals surface area contributed by atoms with Crippen molar-refractivity contribution in [3.05, 3.63) is 35.6 Å². The number of hydrogen-bond donors (Lipinski definition) is 2. The first-order valence-electron chi connectivity index (χ1n) is 9.23. The summed E-state index contributed by atoms with van der Waals surface area (Å²) in [7, 11) is 0. The van der Waals surface area contributed by atoms with E-state index in [-0.39, 0.29) is 24.1 Å². The van der Waals surface area contributed by atoms with Gasteiger partial charge in [-0.1, -0.05) is 26.0 Å². The van der Waals surface area contributed by atoms with Gasteiger partial charge in [-0.05, 0) is 43.9 Å². The van der Waals surface area contributed by atoms with Crippen LogP contribution in [0.5, 0.6) is 0 Å². The Bertz CT molecular complexity index is 628. The van der Waals surface area contributed by atoms with E-state index in [4.69, 9.17) is 0 Å². The summed E-state index contributed by atoms with van der Waals surface area (Å²) in [6, 6.07) is 5.87. The number of benzene rings is 1. The van der Waals surface area contributed by atoms with Crippen LogP contribution in [0.2, 0.25) is 0 Å². The van der Waals surface area contributed by atoms with Crippen LogP contribution in [0.1, 0.15) is 39.7 Å². The minimum atomic E-state index is -0.483. The van der Waals surface area contributed by atoms with Crippen molar-refractivity contribution in [2.24, 2.45) is 5.92 Å². The highest BCUT2D eigenvalue weighted by Crippen LogP contribution is 2.16. The van der Waals surface area contributed by atoms with Gasteiger partial charge in [0.2, 0.25) is 11.8 Å². The fraction of sp³-hybridized carbons (Fsp3) is 0.600. The van der Waals surface area contributed by atoms with Gasteiger partial charge in [0.05, 0.1) is 12.5 Å². The van der Waals surface area contributed by atoms with Gasteiger partial charge in [-0.15, -0.1) is 0 Å². The second-order valence-electron chi connectivity index (χ2n) is 8.14. The largest absolute Gasteiger partial charge is 0.353 e. The Morgan fingerprint density at radius 3 is 2.62 bits per heavy atom. The van der Waals surface area contributed by atoms with Crippen LogP contribution in [0.3, 0.4) is 0 Å². The maximum absolute atomic E-state index is 13.0. The first kappa shape index (κ1) is 20.4. The molecule has 1 atom stereocenters. The van der Waals surface area contributed by atoms with Crippen LogP contribution in [0.4, 0.5) is 4.39 Å². The van der Waals surface area contributed by atoms with E-state index in [1.165, 1.54) is 12.1 Å². The normalized spacial score (nSPS) is 18.7. The summed E-state index contributed by atoms with van der Waals surface area (Å²) in [5, 5.41) is 5.87. The minimum Gasteiger partial charge on any atom is -0.353 e. The molecule has 0 aliphatic carbocycles. The molecule has 0 bridgehead atoms. The Kier molecular flexibility index (Phi) is 6.75. The number of carbonyl (C=O) groups excluding carboxylic acids is 2. The monoisotopic (exact) mass is 363 g/mol. The number of rotatable bonds is 7. The molecule has 26 heavy (non-hydrogen) atoms. The summed E-state index contributed by atoms with van der Waals surface area (Å²) in [5.74, 6) is -0.0677. The number of amides is 2. The van der Waals surface area contributed by atoms with E-state index in [9.17, 15) is 14.0 Å². The topological polar surface area (TPSA) is 61.4 Å². The molecule has 1 heterocycles. The van der Waals surface area contributed by atoms with Gasteiger partial charge in [0.15, 0.2) is 0 Å². The van der Waals surface area contributed by atoms with E-state index in [2.05, 4.69) is 29.4 Å². The van der Waals surface area contributed by atoms with Crippen LogP contribution < -0.4 is 10.6 Å². The summed E-state index contributed by atoms with van der Waals surface area (Å²) in [6.07, 6.45) is 0.733. The Balaban J connectivity index is 1.96. The summed E-state index contributed by atoms with van der Waals surface area (Å²) < 4.78 is 13.0. The smallest absolute Gasteiger partial charge is 0.237 e. The summed E-state index contributed by atoms with van der Waals surface area (Å²) in [5.41, 5.74) is 0.469. The van der Waals surface area contributed by atoms with E-state index >= 15 is 0 Å². The molecule has 1 aromatic rings. The molecule has 1 saturated heterocycles. The third kappa shape index (κ3) is 6.09. The van der Waals surface area contributed by atoms with Crippen LogP contribution in [0.15, 0.2) is 24.3 Å². The van der Waals surface area contributed by atoms with Crippen molar-refractivity contribution in [1.82, 2.24) is 15.5 Å². The highest BCUT2D eigenvalue weighted by atomic mass is 19.1. The van der Waals surface area contributed by atoms with Crippen molar-refractivity contribution in [2.45, 2.75) is 52.1 Å². The van der Waals surface area contributed by atoms with E-state index in [0.29, 0.717) is 18.9 Å². The van der Waals surface area contributed by atoms with Crippen molar-refractivity contribution in [1.29, 1.82) is 0 Å². The molecule has 6 heteroatoms. The second kappa shape index (κ2) is 8.62. The van der Waals surface area contributed by atoms with Crippen molar-refractivity contribution >= 4 is 11.8 Å². The molecule has 1 aromatic carbocycles. The standard InChI is InChI=1S/C20H30FN3O2/c1-14(2)13-24-10-9-22-19(26)17(24)11-18(25)23-20(3,4)12-15-5-7-16(21)8-6-15/h5-8,14,17H,9-13H2,1-4H3,(H,22,26)(H,23,25)/t17-/m1/s1. The van der Waals surface area contributed by atoms with Gasteiger partial charge >= 0.3 is 0 Å². The lowest BCUT2D eigenvalue weighted by Gasteiger charge is -2.36. The number of nitrogens with zero attached hydrogens (tertiary/aromatic N) is 1. The van der Waals surface area contributed by atoms with Crippen molar-refractivity contribution in [3.8, 4) is 0 Å². The zero-order chi connectivity index (χ0) is 19.3. The Labute approximate surface area is 155 Å². The molecular weight excluding hydrogens is 333 g/mol. The van der Waals surface area contributed by atoms with Crippen molar-refractivity contribution in [2.75, 3.05) is 19.6 Å². The number of piperazine rings is 1. The predicted molar refractivity (Wildman–Crippen MR) is 100 cm³/mol. The summed E-state index contributed by atoms with van der Waals surface area (Å²) >= 11 is 0. The van der Waals surface area contributed by atoms with Crippen molar-refractivity contribution in [3.63, 3.8) is 0 Å². The van der Waals surface area contributed by atoms with E-state index in [1.54, 1.807) is 12.1 Å². The molecular formula is C20H30FN3O2. The van der Waals surface area contributed by atoms with Gasteiger partial charge in [-0.2, -0.15) is 0 Å². The van der Waals surface area contributed by atoms with Crippen LogP contribution in [0.25, 0.3) is 0 Å². The molecule has 5 nitrogen and oxygen atoms in total. The lowest BCUT2D eigenvalue weighted by molar-refractivity contribution is -0.134. The molecule has 1 aliphatic heterocycles. The number of carbonyl (C=O) groups is 2. The lowest BCUT2D eigenvalue weighted by atomic mass is 9.94. The molecule has 0 aromatic heterocycles. The highest BCUT2D eigenvalue weighted by molar-refractivity contribution is 5.89. The molecule has 0 spiro atoms. The lowest BCUT2D eigenvalue weighted by Crippen LogP contribution is -2.58. The maximum atomic E-state index is 13.0. The van der Waals surface area contributed by atoms with Crippen LogP contribution in [-0.4, -0.2) is 47.9 Å². The van der Waals surface area contributed by atoms with Gasteiger partial charge in [0.1, 0.15) is 5.82 Å². The molecule has 1 aliphatic rings. The molecule has 0 unspecified atom stereocenters. The van der Waals surface area contributed by atoms with Gasteiger partial charge in [0, 0.05) is 25.2 Å². The maximum Gasteiger partial charge on any atom is 0.237 e. The summed E-state index contributed by atoms with van der Waals surface area (Å²) in [6.45, 7) is 10.3. The molecule has 2 rings (SSSR count). The molecule has 144 valence electrons. The van der Waals surface area contributed by atoms with Gasteiger partial charge in [-0.25, -0.2) is 4.39 Å². The van der Waals surface area contributed by atoms with E-state index < -0.39 is 11.6 Å². The van der Waals surface area contributed by atoms with Crippen LogP contribution in [-0.2, 0) is 16.0 Å². The second-order valence-corrected chi connectivity index (χ2v) is 8.14. The zero-order valence-electron chi connectivity index (χ0n) is 16.1. The Morgan fingerprint density at radius 1 is 1.35 bits per heavy atom. The first-order chi connectivity index (χ1) is 12.2. The highest BCUT2D eigenvalue weighted by Gasteiger charge is 2.33. The molecule has 2 amide bonds. The van der Waals surface area contributed by atoms with E-state index in [0.717, 1.165) is 18.7 Å². The number of hydrogen-bond acceptors (Lipinski definition) is 3. The van der Waals surface area contributed by atoms with Gasteiger partial charge in [-0.3, -0.25) is 14.5 Å². The fourth-order valence-electron chi connectivity index (χ4n) is 3.43. The SMILES string of the molecule is CC(C)CN1CCNC(=O)[C@H]1CC(=O)NC(C)(C)Cc1ccc(F)cc1. The average Bonchev–Trinajstić information content (AvgIpc) is 2.52. The molecule has 0 saturated carbocycles. The van der Waals surface area contributed by atoms with Gasteiger partial charge in [0.25, 0.3) is 0 Å². The third-order valence-corrected chi connectivity index (χ3v) is 4.46. The zero-order valence-corrected chi connectivity index (χ0v) is 16.1. The Hall–Kier alpha value is -1.95. The minimum absolute atomic E-state index is 0.0802. The molecule has 2 N–H and O–H groups in total.